The molecule has 0 aliphatic carbocycles. The van der Waals surface area contributed by atoms with Gasteiger partial charge in [0.1, 0.15) is 11.9 Å². The molecule has 1 amide bonds. The Morgan fingerprint density at radius 2 is 1.79 bits per heavy atom. The normalized spacial score (nSPS) is 26.1. The van der Waals surface area contributed by atoms with Crippen LogP contribution in [0.15, 0.2) is 24.3 Å². The Bertz CT molecular complexity index is 436. The molecule has 1 heterocycles. The molecule has 1 fully saturated rings. The SMILES string of the molecule is CC1CC(C)CN(C(C(N)=O)c2ccc(F)cc2)C1. The first-order chi connectivity index (χ1) is 8.97. The molecule has 0 saturated carbocycles. The van der Waals surface area contributed by atoms with Crippen LogP contribution in [0, 0.1) is 17.7 Å². The number of rotatable bonds is 3. The van der Waals surface area contributed by atoms with Crippen molar-refractivity contribution in [1.29, 1.82) is 0 Å². The zero-order chi connectivity index (χ0) is 14.0. The van der Waals surface area contributed by atoms with E-state index in [9.17, 15) is 9.18 Å². The molecule has 0 aromatic heterocycles. The highest BCUT2D eigenvalue weighted by atomic mass is 19.1. The molecule has 2 N–H and O–H groups in total. The molecule has 1 aliphatic heterocycles. The summed E-state index contributed by atoms with van der Waals surface area (Å²) in [6.45, 7) is 6.08. The van der Waals surface area contributed by atoms with Gasteiger partial charge in [-0.05, 0) is 36.0 Å². The summed E-state index contributed by atoms with van der Waals surface area (Å²) >= 11 is 0. The van der Waals surface area contributed by atoms with Gasteiger partial charge in [-0.3, -0.25) is 9.69 Å². The number of likely N-dealkylation sites (tertiary alicyclic amines) is 1. The van der Waals surface area contributed by atoms with Gasteiger partial charge in [0.2, 0.25) is 5.91 Å². The highest BCUT2D eigenvalue weighted by molar-refractivity contribution is 5.81. The minimum Gasteiger partial charge on any atom is -0.368 e. The molecule has 0 spiro atoms. The lowest BCUT2D eigenvalue weighted by atomic mass is 9.89. The summed E-state index contributed by atoms with van der Waals surface area (Å²) in [7, 11) is 0. The first-order valence-electron chi connectivity index (χ1n) is 6.76. The lowest BCUT2D eigenvalue weighted by Crippen LogP contribution is -2.45. The van der Waals surface area contributed by atoms with Crippen LogP contribution >= 0.6 is 0 Å². The Hall–Kier alpha value is -1.42. The van der Waals surface area contributed by atoms with Gasteiger partial charge in [-0.2, -0.15) is 0 Å². The average Bonchev–Trinajstić information content (AvgIpc) is 2.30. The van der Waals surface area contributed by atoms with Gasteiger partial charge in [-0.15, -0.1) is 0 Å². The van der Waals surface area contributed by atoms with Gasteiger partial charge in [0.05, 0.1) is 0 Å². The summed E-state index contributed by atoms with van der Waals surface area (Å²) in [6, 6.07) is 5.60. The molecule has 4 heteroatoms. The van der Waals surface area contributed by atoms with Crippen molar-refractivity contribution in [3.63, 3.8) is 0 Å². The lowest BCUT2D eigenvalue weighted by Gasteiger charge is -2.39. The summed E-state index contributed by atoms with van der Waals surface area (Å²) in [6.07, 6.45) is 1.17. The van der Waals surface area contributed by atoms with Crippen LogP contribution in [0.2, 0.25) is 0 Å². The van der Waals surface area contributed by atoms with Crippen molar-refractivity contribution < 1.29 is 9.18 Å². The summed E-state index contributed by atoms with van der Waals surface area (Å²) in [5, 5.41) is 0. The van der Waals surface area contributed by atoms with Gasteiger partial charge in [0.15, 0.2) is 0 Å². The van der Waals surface area contributed by atoms with E-state index in [0.717, 1.165) is 18.7 Å². The maximum absolute atomic E-state index is 13.0. The summed E-state index contributed by atoms with van der Waals surface area (Å²) in [5.74, 6) is 0.428. The minimum atomic E-state index is -0.453. The highest BCUT2D eigenvalue weighted by Gasteiger charge is 2.31. The van der Waals surface area contributed by atoms with Crippen molar-refractivity contribution in [1.82, 2.24) is 4.90 Å². The predicted octanol–water partition coefficient (Wildman–Crippen LogP) is 2.33. The highest BCUT2D eigenvalue weighted by Crippen LogP contribution is 2.29. The van der Waals surface area contributed by atoms with Crippen LogP contribution in [0.3, 0.4) is 0 Å². The summed E-state index contributed by atoms with van der Waals surface area (Å²) in [4.78, 5) is 13.9. The first kappa shape index (κ1) is 14.0. The van der Waals surface area contributed by atoms with Crippen molar-refractivity contribution in [3.8, 4) is 0 Å². The van der Waals surface area contributed by atoms with Gasteiger partial charge >= 0.3 is 0 Å². The Balaban J connectivity index is 2.24. The fraction of sp³-hybridized carbons (Fsp3) is 0.533. The van der Waals surface area contributed by atoms with Crippen LogP contribution < -0.4 is 5.73 Å². The van der Waals surface area contributed by atoms with Gasteiger partial charge < -0.3 is 5.73 Å². The van der Waals surface area contributed by atoms with E-state index >= 15 is 0 Å². The number of piperidine rings is 1. The Morgan fingerprint density at radius 1 is 1.26 bits per heavy atom. The van der Waals surface area contributed by atoms with Crippen LogP contribution in [0.25, 0.3) is 0 Å². The second-order valence-corrected chi connectivity index (χ2v) is 5.76. The quantitative estimate of drug-likeness (QED) is 0.910. The Morgan fingerprint density at radius 3 is 2.26 bits per heavy atom. The van der Waals surface area contributed by atoms with Gasteiger partial charge in [-0.25, -0.2) is 4.39 Å². The lowest BCUT2D eigenvalue weighted by molar-refractivity contribution is -0.124. The van der Waals surface area contributed by atoms with Crippen molar-refractivity contribution in [2.45, 2.75) is 26.3 Å². The topological polar surface area (TPSA) is 46.3 Å². The molecule has 1 aliphatic rings. The van der Waals surface area contributed by atoms with Crippen LogP contribution in [0.1, 0.15) is 31.9 Å². The van der Waals surface area contributed by atoms with Crippen LogP contribution in [0.4, 0.5) is 4.39 Å². The molecule has 0 bridgehead atoms. The number of carbonyl (C=O) groups is 1. The van der Waals surface area contributed by atoms with E-state index < -0.39 is 6.04 Å². The second-order valence-electron chi connectivity index (χ2n) is 5.76. The third-order valence-electron chi connectivity index (χ3n) is 3.72. The number of hydrogen-bond acceptors (Lipinski definition) is 2. The van der Waals surface area contributed by atoms with Crippen LogP contribution in [-0.4, -0.2) is 23.9 Å². The number of benzene rings is 1. The molecule has 104 valence electrons. The molecular weight excluding hydrogens is 243 g/mol. The average molecular weight is 264 g/mol. The Kier molecular flexibility index (Phi) is 4.20. The van der Waals surface area contributed by atoms with Crippen molar-refractivity contribution in [2.75, 3.05) is 13.1 Å². The number of halogens is 1. The van der Waals surface area contributed by atoms with E-state index in [1.54, 1.807) is 12.1 Å². The van der Waals surface area contributed by atoms with Crippen molar-refractivity contribution in [2.24, 2.45) is 17.6 Å². The third kappa shape index (κ3) is 3.32. The van der Waals surface area contributed by atoms with Crippen LogP contribution in [-0.2, 0) is 4.79 Å². The maximum atomic E-state index is 13.0. The van der Waals surface area contributed by atoms with Gasteiger partial charge in [0.25, 0.3) is 0 Å². The number of nitrogens with two attached hydrogens (primary N) is 1. The van der Waals surface area contributed by atoms with E-state index in [4.69, 9.17) is 5.73 Å². The number of primary amides is 1. The molecule has 1 aromatic carbocycles. The van der Waals surface area contributed by atoms with Crippen molar-refractivity contribution >= 4 is 5.91 Å². The standard InChI is InChI=1S/C15H21FN2O/c1-10-7-11(2)9-18(8-10)14(15(17)19)12-3-5-13(16)6-4-12/h3-6,10-11,14H,7-9H2,1-2H3,(H2,17,19). The molecule has 3 unspecified atom stereocenters. The van der Waals surface area contributed by atoms with Gasteiger partial charge in [0, 0.05) is 13.1 Å². The van der Waals surface area contributed by atoms with Crippen molar-refractivity contribution in [3.05, 3.63) is 35.6 Å². The number of nitrogens with zero attached hydrogens (tertiary/aromatic N) is 1. The molecule has 19 heavy (non-hydrogen) atoms. The molecule has 2 rings (SSSR count). The number of carbonyl (C=O) groups excluding carboxylic acids is 1. The van der Waals surface area contributed by atoms with E-state index in [1.807, 2.05) is 0 Å². The monoisotopic (exact) mass is 264 g/mol. The molecule has 0 radical (unpaired) electrons. The van der Waals surface area contributed by atoms with E-state index in [0.29, 0.717) is 11.8 Å². The fourth-order valence-corrected chi connectivity index (χ4v) is 3.12. The second kappa shape index (κ2) is 5.70. The molecular formula is C15H21FN2O. The molecule has 3 nitrogen and oxygen atoms in total. The zero-order valence-electron chi connectivity index (χ0n) is 11.5. The number of amides is 1. The first-order valence-corrected chi connectivity index (χ1v) is 6.76. The predicted molar refractivity (Wildman–Crippen MR) is 72.9 cm³/mol. The Labute approximate surface area is 113 Å². The summed E-state index contributed by atoms with van der Waals surface area (Å²) < 4.78 is 13.0. The maximum Gasteiger partial charge on any atom is 0.239 e. The largest absolute Gasteiger partial charge is 0.368 e. The number of hydrogen-bond donors (Lipinski definition) is 1. The van der Waals surface area contributed by atoms with Crippen LogP contribution in [0.5, 0.6) is 0 Å². The molecule has 3 atom stereocenters. The zero-order valence-corrected chi connectivity index (χ0v) is 11.5. The van der Waals surface area contributed by atoms with E-state index in [-0.39, 0.29) is 11.7 Å². The third-order valence-corrected chi connectivity index (χ3v) is 3.72. The minimum absolute atomic E-state index is 0.299. The smallest absolute Gasteiger partial charge is 0.239 e. The van der Waals surface area contributed by atoms with Gasteiger partial charge in [-0.1, -0.05) is 26.0 Å². The molecule has 1 saturated heterocycles. The summed E-state index contributed by atoms with van der Waals surface area (Å²) in [5.41, 5.74) is 6.33. The van der Waals surface area contributed by atoms with E-state index in [1.165, 1.54) is 18.6 Å². The molecule has 1 aromatic rings. The fourth-order valence-electron chi connectivity index (χ4n) is 3.12. The van der Waals surface area contributed by atoms with E-state index in [2.05, 4.69) is 18.7 Å².